The molecule has 2 rings (SSSR count). The zero-order chi connectivity index (χ0) is 11.4. The molecule has 0 fully saturated rings. The predicted octanol–water partition coefficient (Wildman–Crippen LogP) is 2.64. The number of nitrogens with one attached hydrogen (secondary N) is 1. The summed E-state index contributed by atoms with van der Waals surface area (Å²) in [6, 6.07) is 4.44. The van der Waals surface area contributed by atoms with E-state index in [2.05, 4.69) is 30.4 Å². The van der Waals surface area contributed by atoms with Crippen molar-refractivity contribution in [1.29, 1.82) is 0 Å². The van der Waals surface area contributed by atoms with E-state index in [0.717, 1.165) is 25.1 Å². The number of nitrogens with zero attached hydrogens (tertiary/aromatic N) is 1. The van der Waals surface area contributed by atoms with E-state index in [1.165, 1.54) is 12.0 Å². The number of hydroxylamine groups is 1. The molecule has 3 nitrogen and oxygen atoms in total. The van der Waals surface area contributed by atoms with Crippen molar-refractivity contribution in [3.8, 4) is 0 Å². The van der Waals surface area contributed by atoms with Crippen molar-refractivity contribution < 1.29 is 4.84 Å². The number of pyridine rings is 1. The summed E-state index contributed by atoms with van der Waals surface area (Å²) in [6.45, 7) is 5.04. The third kappa shape index (κ3) is 2.80. The molecule has 0 spiro atoms. The standard InChI is InChI=1S/C13H20N2O/c1-10(2)9-16-15-12-7-3-5-11-6-4-8-14-13(11)12/h4,6,8,10,12,15H,3,5,7,9H2,1-2H3. The molecule has 1 aromatic rings. The molecule has 1 aromatic heterocycles. The maximum Gasteiger partial charge on any atom is 0.0746 e. The first-order chi connectivity index (χ1) is 7.77. The Morgan fingerprint density at radius 1 is 1.56 bits per heavy atom. The monoisotopic (exact) mass is 220 g/mol. The minimum atomic E-state index is 0.267. The van der Waals surface area contributed by atoms with E-state index in [-0.39, 0.29) is 6.04 Å². The molecule has 16 heavy (non-hydrogen) atoms. The first-order valence-corrected chi connectivity index (χ1v) is 6.08. The van der Waals surface area contributed by atoms with E-state index in [1.54, 1.807) is 0 Å². The van der Waals surface area contributed by atoms with Crippen molar-refractivity contribution in [2.75, 3.05) is 6.61 Å². The summed E-state index contributed by atoms with van der Waals surface area (Å²) in [5.41, 5.74) is 5.67. The van der Waals surface area contributed by atoms with Gasteiger partial charge in [0.1, 0.15) is 0 Å². The molecule has 1 aliphatic carbocycles. The lowest BCUT2D eigenvalue weighted by atomic mass is 9.92. The summed E-state index contributed by atoms with van der Waals surface area (Å²) >= 11 is 0. The second kappa shape index (κ2) is 5.41. The highest BCUT2D eigenvalue weighted by Gasteiger charge is 2.20. The largest absolute Gasteiger partial charge is 0.301 e. The molecular formula is C13H20N2O. The normalized spacial score (nSPS) is 19.8. The van der Waals surface area contributed by atoms with Gasteiger partial charge in [0.05, 0.1) is 18.3 Å². The van der Waals surface area contributed by atoms with Crippen LogP contribution >= 0.6 is 0 Å². The molecule has 1 aliphatic rings. The Labute approximate surface area is 97.2 Å². The number of hydrogen-bond acceptors (Lipinski definition) is 3. The van der Waals surface area contributed by atoms with Crippen molar-refractivity contribution in [2.24, 2.45) is 5.92 Å². The van der Waals surface area contributed by atoms with Gasteiger partial charge in [-0.2, -0.15) is 5.48 Å². The molecule has 0 aromatic carbocycles. The molecule has 1 heterocycles. The Bertz CT molecular complexity index is 338. The zero-order valence-corrected chi connectivity index (χ0v) is 10.1. The molecule has 1 unspecified atom stereocenters. The maximum atomic E-state index is 5.50. The summed E-state index contributed by atoms with van der Waals surface area (Å²) < 4.78 is 0. The van der Waals surface area contributed by atoms with Crippen molar-refractivity contribution in [2.45, 2.75) is 39.2 Å². The average Bonchev–Trinajstić information content (AvgIpc) is 2.29. The minimum absolute atomic E-state index is 0.267. The van der Waals surface area contributed by atoms with Gasteiger partial charge >= 0.3 is 0 Å². The quantitative estimate of drug-likeness (QED) is 0.792. The zero-order valence-electron chi connectivity index (χ0n) is 10.1. The summed E-state index contributed by atoms with van der Waals surface area (Å²) in [5.74, 6) is 0.555. The highest BCUT2D eigenvalue weighted by Crippen LogP contribution is 2.27. The van der Waals surface area contributed by atoms with E-state index in [1.807, 2.05) is 12.3 Å². The first-order valence-electron chi connectivity index (χ1n) is 6.08. The van der Waals surface area contributed by atoms with E-state index in [0.29, 0.717) is 5.92 Å². The molecule has 1 N–H and O–H groups in total. The summed E-state index contributed by atoms with van der Waals surface area (Å²) in [6.07, 6.45) is 5.33. The maximum absolute atomic E-state index is 5.50. The van der Waals surface area contributed by atoms with Gasteiger partial charge in [-0.15, -0.1) is 0 Å². The Balaban J connectivity index is 1.96. The van der Waals surface area contributed by atoms with Gasteiger partial charge in [0, 0.05) is 6.20 Å². The Kier molecular flexibility index (Phi) is 3.91. The molecule has 0 saturated carbocycles. The minimum Gasteiger partial charge on any atom is -0.301 e. The van der Waals surface area contributed by atoms with Crippen LogP contribution in [0.2, 0.25) is 0 Å². The number of aromatic nitrogens is 1. The second-order valence-electron chi connectivity index (χ2n) is 4.82. The van der Waals surface area contributed by atoms with Crippen LogP contribution in [0.25, 0.3) is 0 Å². The van der Waals surface area contributed by atoms with Crippen LogP contribution in [0.1, 0.15) is 44.0 Å². The lowest BCUT2D eigenvalue weighted by Crippen LogP contribution is -2.27. The van der Waals surface area contributed by atoms with Crippen molar-refractivity contribution in [1.82, 2.24) is 10.5 Å². The van der Waals surface area contributed by atoms with Crippen LogP contribution in [0.3, 0.4) is 0 Å². The van der Waals surface area contributed by atoms with Gasteiger partial charge < -0.3 is 4.84 Å². The molecule has 0 aliphatic heterocycles. The summed E-state index contributed by atoms with van der Waals surface area (Å²) in [4.78, 5) is 9.96. The fourth-order valence-electron chi connectivity index (χ4n) is 2.04. The summed E-state index contributed by atoms with van der Waals surface area (Å²) in [7, 11) is 0. The van der Waals surface area contributed by atoms with Crippen LogP contribution in [-0.4, -0.2) is 11.6 Å². The van der Waals surface area contributed by atoms with E-state index in [4.69, 9.17) is 4.84 Å². The SMILES string of the molecule is CC(C)CONC1CCCc2cccnc21. The van der Waals surface area contributed by atoms with E-state index >= 15 is 0 Å². The Morgan fingerprint density at radius 3 is 3.25 bits per heavy atom. The van der Waals surface area contributed by atoms with E-state index in [9.17, 15) is 0 Å². The Hall–Kier alpha value is -0.930. The first kappa shape index (κ1) is 11.6. The lowest BCUT2D eigenvalue weighted by molar-refractivity contribution is -0.00429. The molecular weight excluding hydrogens is 200 g/mol. The van der Waals surface area contributed by atoms with Gasteiger partial charge in [-0.25, -0.2) is 0 Å². The lowest BCUT2D eigenvalue weighted by Gasteiger charge is -2.25. The van der Waals surface area contributed by atoms with Gasteiger partial charge in [0.15, 0.2) is 0 Å². The predicted molar refractivity (Wildman–Crippen MR) is 63.8 cm³/mol. The number of aryl methyl sites for hydroxylation is 1. The fraction of sp³-hybridized carbons (Fsp3) is 0.615. The van der Waals surface area contributed by atoms with Gasteiger partial charge in [-0.3, -0.25) is 4.98 Å². The van der Waals surface area contributed by atoms with Crippen LogP contribution in [0, 0.1) is 5.92 Å². The Morgan fingerprint density at radius 2 is 2.44 bits per heavy atom. The van der Waals surface area contributed by atoms with Crippen molar-refractivity contribution in [3.63, 3.8) is 0 Å². The smallest absolute Gasteiger partial charge is 0.0746 e. The third-order valence-electron chi connectivity index (χ3n) is 2.84. The average molecular weight is 220 g/mol. The van der Waals surface area contributed by atoms with Crippen LogP contribution in [-0.2, 0) is 11.3 Å². The van der Waals surface area contributed by atoms with Gasteiger partial charge in [-0.1, -0.05) is 19.9 Å². The van der Waals surface area contributed by atoms with E-state index < -0.39 is 0 Å². The van der Waals surface area contributed by atoms with Crippen LogP contribution in [0.15, 0.2) is 18.3 Å². The highest BCUT2D eigenvalue weighted by molar-refractivity contribution is 5.25. The fourth-order valence-corrected chi connectivity index (χ4v) is 2.04. The van der Waals surface area contributed by atoms with Crippen LogP contribution in [0.5, 0.6) is 0 Å². The molecule has 0 saturated heterocycles. The van der Waals surface area contributed by atoms with Crippen LogP contribution < -0.4 is 5.48 Å². The molecule has 1 atom stereocenters. The van der Waals surface area contributed by atoms with Crippen LogP contribution in [0.4, 0.5) is 0 Å². The number of hydrogen-bond donors (Lipinski definition) is 1. The summed E-state index contributed by atoms with van der Waals surface area (Å²) in [5, 5.41) is 0. The van der Waals surface area contributed by atoms with Gasteiger partial charge in [0.2, 0.25) is 0 Å². The second-order valence-corrected chi connectivity index (χ2v) is 4.82. The van der Waals surface area contributed by atoms with Crippen molar-refractivity contribution in [3.05, 3.63) is 29.6 Å². The molecule has 0 radical (unpaired) electrons. The molecule has 0 bridgehead atoms. The number of rotatable bonds is 4. The molecule has 0 amide bonds. The molecule has 88 valence electrons. The van der Waals surface area contributed by atoms with Crippen molar-refractivity contribution >= 4 is 0 Å². The molecule has 3 heteroatoms. The number of fused-ring (bicyclic) bond motifs is 1. The topological polar surface area (TPSA) is 34.1 Å². The third-order valence-corrected chi connectivity index (χ3v) is 2.84. The van der Waals surface area contributed by atoms with Gasteiger partial charge in [0.25, 0.3) is 0 Å². The highest BCUT2D eigenvalue weighted by atomic mass is 16.6. The van der Waals surface area contributed by atoms with Gasteiger partial charge in [-0.05, 0) is 36.8 Å².